The van der Waals surface area contributed by atoms with Crippen LogP contribution in [0.25, 0.3) is 0 Å². The molecule has 118 valence electrons. The van der Waals surface area contributed by atoms with Gasteiger partial charge in [0.05, 0.1) is 11.6 Å². The zero-order chi connectivity index (χ0) is 15.9. The summed E-state index contributed by atoms with van der Waals surface area (Å²) in [6.45, 7) is 5.30. The maximum absolute atomic E-state index is 6.21. The van der Waals surface area contributed by atoms with E-state index in [1.165, 1.54) is 11.8 Å². The Morgan fingerprint density at radius 1 is 1.32 bits per heavy atom. The van der Waals surface area contributed by atoms with Crippen molar-refractivity contribution < 1.29 is 4.74 Å². The van der Waals surface area contributed by atoms with Crippen molar-refractivity contribution in [2.75, 3.05) is 18.2 Å². The molecule has 0 aliphatic heterocycles. The number of aryl methyl sites for hydroxylation is 1. The third kappa shape index (κ3) is 4.27. The summed E-state index contributed by atoms with van der Waals surface area (Å²) in [5.74, 6) is 1.60. The monoisotopic (exact) mass is 337 g/mol. The molecule has 0 saturated carbocycles. The summed E-state index contributed by atoms with van der Waals surface area (Å²) in [6.07, 6.45) is 4.74. The smallest absolute Gasteiger partial charge is 0.189 e. The average Bonchev–Trinajstić information content (AvgIpc) is 2.55. The first kappa shape index (κ1) is 16.9. The average molecular weight is 338 g/mol. The van der Waals surface area contributed by atoms with Gasteiger partial charge in [0.15, 0.2) is 5.16 Å². The summed E-state index contributed by atoms with van der Waals surface area (Å²) in [4.78, 5) is 8.83. The molecule has 0 spiro atoms. The maximum Gasteiger partial charge on any atom is 0.189 e. The molecule has 1 aromatic heterocycles. The van der Waals surface area contributed by atoms with Crippen LogP contribution in [-0.2, 0) is 13.0 Å². The van der Waals surface area contributed by atoms with Gasteiger partial charge in [0.2, 0.25) is 0 Å². The summed E-state index contributed by atoms with van der Waals surface area (Å²) in [6, 6.07) is 5.82. The van der Waals surface area contributed by atoms with Gasteiger partial charge in [0.1, 0.15) is 11.6 Å². The Kier molecular flexibility index (Phi) is 6.34. The van der Waals surface area contributed by atoms with E-state index >= 15 is 0 Å². The lowest BCUT2D eigenvalue weighted by Crippen LogP contribution is -2.06. The van der Waals surface area contributed by atoms with E-state index in [0.717, 1.165) is 28.5 Å². The summed E-state index contributed by atoms with van der Waals surface area (Å²) in [5.41, 5.74) is 2.19. The second-order valence-corrected chi connectivity index (χ2v) is 5.82. The van der Waals surface area contributed by atoms with Crippen molar-refractivity contribution in [1.29, 1.82) is 0 Å². The van der Waals surface area contributed by atoms with E-state index in [2.05, 4.69) is 22.2 Å². The van der Waals surface area contributed by atoms with E-state index in [1.807, 2.05) is 37.6 Å². The third-order valence-corrected chi connectivity index (χ3v) is 4.02. The molecule has 22 heavy (non-hydrogen) atoms. The number of anilines is 1. The molecule has 0 amide bonds. The molecule has 2 aromatic rings. The Labute approximate surface area is 140 Å². The highest BCUT2D eigenvalue weighted by Gasteiger charge is 2.07. The van der Waals surface area contributed by atoms with Crippen molar-refractivity contribution in [1.82, 2.24) is 9.97 Å². The van der Waals surface area contributed by atoms with Crippen LogP contribution in [0.5, 0.6) is 5.75 Å². The number of benzene rings is 1. The third-order valence-electron chi connectivity index (χ3n) is 3.16. The van der Waals surface area contributed by atoms with Gasteiger partial charge in [0, 0.05) is 18.3 Å². The van der Waals surface area contributed by atoms with Crippen LogP contribution in [0.4, 0.5) is 5.82 Å². The molecule has 0 atom stereocenters. The van der Waals surface area contributed by atoms with E-state index in [0.29, 0.717) is 23.9 Å². The zero-order valence-corrected chi connectivity index (χ0v) is 14.6. The number of thioether (sulfide) groups is 1. The number of nitrogens with zero attached hydrogens (tertiary/aromatic N) is 2. The molecule has 0 unspecified atom stereocenters. The Bertz CT molecular complexity index is 637. The van der Waals surface area contributed by atoms with Crippen LogP contribution in [0.1, 0.15) is 25.0 Å². The lowest BCUT2D eigenvalue weighted by atomic mass is 10.2. The second kappa shape index (κ2) is 8.25. The minimum Gasteiger partial charge on any atom is -0.492 e. The lowest BCUT2D eigenvalue weighted by Gasteiger charge is -2.12. The molecule has 1 heterocycles. The van der Waals surface area contributed by atoms with E-state index in [1.54, 1.807) is 0 Å². The molecule has 0 aliphatic carbocycles. The fraction of sp³-hybridized carbons (Fsp3) is 0.375. The van der Waals surface area contributed by atoms with Gasteiger partial charge in [-0.25, -0.2) is 9.97 Å². The van der Waals surface area contributed by atoms with E-state index < -0.39 is 0 Å². The first-order chi connectivity index (χ1) is 10.7. The first-order valence-electron chi connectivity index (χ1n) is 7.22. The van der Waals surface area contributed by atoms with Crippen LogP contribution in [0.3, 0.4) is 0 Å². The second-order valence-electron chi connectivity index (χ2n) is 4.64. The number of hydrogen-bond acceptors (Lipinski definition) is 5. The van der Waals surface area contributed by atoms with Crippen molar-refractivity contribution in [3.63, 3.8) is 0 Å². The number of rotatable bonds is 7. The number of ether oxygens (including phenoxy) is 1. The fourth-order valence-electron chi connectivity index (χ4n) is 2.01. The molecule has 2 rings (SSSR count). The van der Waals surface area contributed by atoms with E-state index in [-0.39, 0.29) is 0 Å². The molecular formula is C16H20ClN3OS. The van der Waals surface area contributed by atoms with Gasteiger partial charge >= 0.3 is 0 Å². The van der Waals surface area contributed by atoms with Crippen molar-refractivity contribution >= 4 is 29.2 Å². The predicted octanol–water partition coefficient (Wildman–Crippen LogP) is 4.43. The van der Waals surface area contributed by atoms with Crippen LogP contribution in [0.2, 0.25) is 5.02 Å². The van der Waals surface area contributed by atoms with Gasteiger partial charge < -0.3 is 10.1 Å². The van der Waals surface area contributed by atoms with Crippen molar-refractivity contribution in [3.8, 4) is 5.75 Å². The van der Waals surface area contributed by atoms with Gasteiger partial charge in [-0.15, -0.1) is 0 Å². The van der Waals surface area contributed by atoms with Crippen LogP contribution in [0, 0.1) is 0 Å². The van der Waals surface area contributed by atoms with Gasteiger partial charge in [0.25, 0.3) is 0 Å². The summed E-state index contributed by atoms with van der Waals surface area (Å²) in [5, 5.41) is 4.77. The number of hydrogen-bond donors (Lipinski definition) is 1. The highest BCUT2D eigenvalue weighted by molar-refractivity contribution is 7.98. The minimum absolute atomic E-state index is 0.607. The van der Waals surface area contributed by atoms with Crippen molar-refractivity contribution in [2.24, 2.45) is 0 Å². The Morgan fingerprint density at radius 3 is 2.77 bits per heavy atom. The SMILES string of the molecule is CCOc1ccc(CNc2nc(SC)ncc2CC)cc1Cl. The molecule has 0 bridgehead atoms. The highest BCUT2D eigenvalue weighted by atomic mass is 35.5. The Balaban J connectivity index is 2.11. The first-order valence-corrected chi connectivity index (χ1v) is 8.83. The summed E-state index contributed by atoms with van der Waals surface area (Å²) >= 11 is 7.75. The highest BCUT2D eigenvalue weighted by Crippen LogP contribution is 2.26. The van der Waals surface area contributed by atoms with Crippen molar-refractivity contribution in [3.05, 3.63) is 40.5 Å². The predicted molar refractivity (Wildman–Crippen MR) is 93.1 cm³/mol. The number of nitrogens with one attached hydrogen (secondary N) is 1. The standard InChI is InChI=1S/C16H20ClN3OS/c1-4-12-10-19-16(22-3)20-15(12)18-9-11-6-7-14(21-5-2)13(17)8-11/h6-8,10H,4-5,9H2,1-3H3,(H,18,19,20). The van der Waals surface area contributed by atoms with Gasteiger partial charge in [-0.1, -0.05) is 36.4 Å². The topological polar surface area (TPSA) is 47.0 Å². The van der Waals surface area contributed by atoms with E-state index in [4.69, 9.17) is 16.3 Å². The molecule has 1 aromatic carbocycles. The maximum atomic E-state index is 6.21. The molecular weight excluding hydrogens is 318 g/mol. The minimum atomic E-state index is 0.607. The zero-order valence-electron chi connectivity index (χ0n) is 13.0. The molecule has 1 N–H and O–H groups in total. The van der Waals surface area contributed by atoms with E-state index in [9.17, 15) is 0 Å². The summed E-state index contributed by atoms with van der Waals surface area (Å²) in [7, 11) is 0. The molecule has 0 aliphatic rings. The number of halogens is 1. The number of aromatic nitrogens is 2. The lowest BCUT2D eigenvalue weighted by molar-refractivity contribution is 0.340. The van der Waals surface area contributed by atoms with Gasteiger partial charge in [-0.05, 0) is 37.3 Å². The quantitative estimate of drug-likeness (QED) is 0.598. The normalized spacial score (nSPS) is 10.5. The summed E-state index contributed by atoms with van der Waals surface area (Å²) < 4.78 is 5.45. The van der Waals surface area contributed by atoms with Crippen LogP contribution >= 0.6 is 23.4 Å². The Hall–Kier alpha value is -1.46. The molecule has 0 fully saturated rings. The van der Waals surface area contributed by atoms with Gasteiger partial charge in [-0.2, -0.15) is 0 Å². The molecule has 0 saturated heterocycles. The van der Waals surface area contributed by atoms with Crippen LogP contribution < -0.4 is 10.1 Å². The Morgan fingerprint density at radius 2 is 2.14 bits per heavy atom. The molecule has 4 nitrogen and oxygen atoms in total. The van der Waals surface area contributed by atoms with Crippen LogP contribution in [-0.4, -0.2) is 22.8 Å². The van der Waals surface area contributed by atoms with Gasteiger partial charge in [-0.3, -0.25) is 0 Å². The van der Waals surface area contributed by atoms with Crippen LogP contribution in [0.15, 0.2) is 29.6 Å². The van der Waals surface area contributed by atoms with Crippen molar-refractivity contribution in [2.45, 2.75) is 32.0 Å². The largest absolute Gasteiger partial charge is 0.492 e. The molecule has 0 radical (unpaired) electrons. The molecule has 6 heteroatoms. The fourth-order valence-corrected chi connectivity index (χ4v) is 2.61.